The smallest absolute Gasteiger partial charge is 0.241 e. The molecular formula is C21H23F2N3O. The second kappa shape index (κ2) is 7.74. The van der Waals surface area contributed by atoms with E-state index < -0.39 is 0 Å². The van der Waals surface area contributed by atoms with Gasteiger partial charge >= 0.3 is 0 Å². The highest BCUT2D eigenvalue weighted by Gasteiger charge is 2.38. The lowest BCUT2D eigenvalue weighted by molar-refractivity contribution is -0.146. The van der Waals surface area contributed by atoms with Crippen LogP contribution in [0.25, 0.3) is 0 Å². The van der Waals surface area contributed by atoms with Crippen molar-refractivity contribution in [2.45, 2.75) is 19.1 Å². The van der Waals surface area contributed by atoms with Gasteiger partial charge in [0, 0.05) is 45.8 Å². The summed E-state index contributed by atoms with van der Waals surface area (Å²) in [5.74, 6) is -0.365. The third-order valence-corrected chi connectivity index (χ3v) is 5.44. The molecule has 2 aliphatic heterocycles. The van der Waals surface area contributed by atoms with Gasteiger partial charge in [-0.3, -0.25) is 14.6 Å². The molecule has 2 aromatic carbocycles. The molecule has 0 bridgehead atoms. The zero-order valence-corrected chi connectivity index (χ0v) is 15.2. The minimum absolute atomic E-state index is 0.134. The summed E-state index contributed by atoms with van der Waals surface area (Å²) in [7, 11) is 0. The van der Waals surface area contributed by atoms with Gasteiger partial charge < -0.3 is 4.90 Å². The van der Waals surface area contributed by atoms with Crippen LogP contribution in [0.5, 0.6) is 0 Å². The summed E-state index contributed by atoms with van der Waals surface area (Å²) in [6.07, 6.45) is 0. The van der Waals surface area contributed by atoms with Crippen LogP contribution >= 0.6 is 0 Å². The Morgan fingerprint density at radius 3 is 1.96 bits per heavy atom. The Balaban J connectivity index is 1.40. The predicted molar refractivity (Wildman–Crippen MR) is 98.9 cm³/mol. The van der Waals surface area contributed by atoms with Gasteiger partial charge in [-0.05, 0) is 35.4 Å². The van der Waals surface area contributed by atoms with E-state index in [1.165, 1.54) is 24.3 Å². The number of carbonyl (C=O) groups excluding carboxylic acids is 1. The first-order valence-electron chi connectivity index (χ1n) is 9.32. The van der Waals surface area contributed by atoms with E-state index in [9.17, 15) is 13.6 Å². The van der Waals surface area contributed by atoms with Gasteiger partial charge in [0.05, 0.1) is 0 Å². The first-order chi connectivity index (χ1) is 13.1. The molecule has 1 unspecified atom stereocenters. The standard InChI is InChI=1S/C21H23F2N3O/c22-18-5-1-16(2-6-18)13-24-9-10-25-11-12-26(21(27)20(25)15-24)14-17-3-7-19(23)8-4-17/h1-8,20H,9-15H2. The summed E-state index contributed by atoms with van der Waals surface area (Å²) >= 11 is 0. The van der Waals surface area contributed by atoms with Gasteiger partial charge in [-0.2, -0.15) is 0 Å². The monoisotopic (exact) mass is 371 g/mol. The van der Waals surface area contributed by atoms with E-state index in [4.69, 9.17) is 0 Å². The summed E-state index contributed by atoms with van der Waals surface area (Å²) in [4.78, 5) is 19.4. The number of hydrogen-bond donors (Lipinski definition) is 0. The minimum Gasteiger partial charge on any atom is -0.336 e. The van der Waals surface area contributed by atoms with Gasteiger partial charge in [0.25, 0.3) is 0 Å². The molecule has 0 aromatic heterocycles. The number of amides is 1. The Morgan fingerprint density at radius 2 is 1.33 bits per heavy atom. The number of hydrogen-bond acceptors (Lipinski definition) is 3. The van der Waals surface area contributed by atoms with Crippen molar-refractivity contribution in [3.63, 3.8) is 0 Å². The summed E-state index contributed by atoms with van der Waals surface area (Å²) in [6.45, 7) is 5.24. The molecule has 0 saturated carbocycles. The molecule has 27 heavy (non-hydrogen) atoms. The summed E-state index contributed by atoms with van der Waals surface area (Å²) in [5.41, 5.74) is 1.99. The molecule has 2 fully saturated rings. The predicted octanol–water partition coefficient (Wildman–Crippen LogP) is 2.49. The van der Waals surface area contributed by atoms with Gasteiger partial charge in [0.2, 0.25) is 5.91 Å². The highest BCUT2D eigenvalue weighted by atomic mass is 19.1. The van der Waals surface area contributed by atoms with Crippen LogP contribution < -0.4 is 0 Å². The normalized spacial score (nSPS) is 21.3. The van der Waals surface area contributed by atoms with Crippen LogP contribution in [0.4, 0.5) is 8.78 Å². The maximum atomic E-state index is 13.1. The van der Waals surface area contributed by atoms with Crippen molar-refractivity contribution in [3.05, 3.63) is 71.3 Å². The van der Waals surface area contributed by atoms with E-state index >= 15 is 0 Å². The average Bonchev–Trinajstić information content (AvgIpc) is 2.68. The molecule has 2 heterocycles. The Kier molecular flexibility index (Phi) is 5.18. The van der Waals surface area contributed by atoms with E-state index in [1.807, 2.05) is 4.90 Å². The zero-order chi connectivity index (χ0) is 18.8. The molecule has 2 aromatic rings. The molecule has 4 rings (SSSR count). The Labute approximate surface area is 158 Å². The Morgan fingerprint density at radius 1 is 0.778 bits per heavy atom. The maximum Gasteiger partial charge on any atom is 0.241 e. The molecule has 2 saturated heterocycles. The first-order valence-corrected chi connectivity index (χ1v) is 9.32. The number of halogens is 2. The molecule has 142 valence electrons. The number of rotatable bonds is 4. The van der Waals surface area contributed by atoms with Crippen molar-refractivity contribution >= 4 is 5.91 Å². The maximum absolute atomic E-state index is 13.1. The van der Waals surface area contributed by atoms with Gasteiger partial charge in [-0.15, -0.1) is 0 Å². The molecule has 0 spiro atoms. The number of carbonyl (C=O) groups is 1. The van der Waals surface area contributed by atoms with Crippen LogP contribution in [-0.4, -0.2) is 59.4 Å². The molecule has 1 atom stereocenters. The number of fused-ring (bicyclic) bond motifs is 1. The van der Waals surface area contributed by atoms with E-state index in [0.717, 1.165) is 37.3 Å². The highest BCUT2D eigenvalue weighted by molar-refractivity contribution is 5.83. The topological polar surface area (TPSA) is 26.8 Å². The SMILES string of the molecule is O=C1C2CN(Cc3ccc(F)cc3)CCN2CCN1Cc1ccc(F)cc1. The Bertz CT molecular complexity index is 792. The van der Waals surface area contributed by atoms with Crippen LogP contribution in [-0.2, 0) is 17.9 Å². The number of nitrogens with zero attached hydrogens (tertiary/aromatic N) is 3. The largest absolute Gasteiger partial charge is 0.336 e. The van der Waals surface area contributed by atoms with E-state index in [-0.39, 0.29) is 23.6 Å². The third-order valence-electron chi connectivity index (χ3n) is 5.44. The lowest BCUT2D eigenvalue weighted by atomic mass is 10.1. The van der Waals surface area contributed by atoms with Crippen LogP contribution in [0, 0.1) is 11.6 Å². The van der Waals surface area contributed by atoms with Crippen LogP contribution in [0.2, 0.25) is 0 Å². The van der Waals surface area contributed by atoms with Crippen molar-refractivity contribution in [1.29, 1.82) is 0 Å². The summed E-state index contributed by atoms with van der Waals surface area (Å²) in [5, 5.41) is 0. The lowest BCUT2D eigenvalue weighted by Gasteiger charge is -2.46. The highest BCUT2D eigenvalue weighted by Crippen LogP contribution is 2.20. The molecule has 6 heteroatoms. The number of piperazine rings is 2. The van der Waals surface area contributed by atoms with E-state index in [2.05, 4.69) is 9.80 Å². The zero-order valence-electron chi connectivity index (χ0n) is 15.2. The van der Waals surface area contributed by atoms with Crippen molar-refractivity contribution in [3.8, 4) is 0 Å². The second-order valence-electron chi connectivity index (χ2n) is 7.30. The van der Waals surface area contributed by atoms with Crippen molar-refractivity contribution < 1.29 is 13.6 Å². The summed E-state index contributed by atoms with van der Waals surface area (Å²) in [6, 6.07) is 12.7. The van der Waals surface area contributed by atoms with Crippen LogP contribution in [0.3, 0.4) is 0 Å². The molecule has 4 nitrogen and oxygen atoms in total. The summed E-state index contributed by atoms with van der Waals surface area (Å²) < 4.78 is 26.2. The van der Waals surface area contributed by atoms with Crippen LogP contribution in [0.15, 0.2) is 48.5 Å². The van der Waals surface area contributed by atoms with Crippen molar-refractivity contribution in [2.24, 2.45) is 0 Å². The fourth-order valence-electron chi connectivity index (χ4n) is 3.91. The van der Waals surface area contributed by atoms with Crippen LogP contribution in [0.1, 0.15) is 11.1 Å². The second-order valence-corrected chi connectivity index (χ2v) is 7.30. The first kappa shape index (κ1) is 18.1. The average molecular weight is 371 g/mol. The van der Waals surface area contributed by atoms with Crippen molar-refractivity contribution in [1.82, 2.24) is 14.7 Å². The van der Waals surface area contributed by atoms with Gasteiger partial charge in [-0.25, -0.2) is 8.78 Å². The van der Waals surface area contributed by atoms with Crippen molar-refractivity contribution in [2.75, 3.05) is 32.7 Å². The third kappa shape index (κ3) is 4.17. The van der Waals surface area contributed by atoms with Gasteiger partial charge in [-0.1, -0.05) is 24.3 Å². The van der Waals surface area contributed by atoms with E-state index in [0.29, 0.717) is 19.6 Å². The molecule has 0 aliphatic carbocycles. The molecule has 1 amide bonds. The minimum atomic E-state index is -0.265. The molecule has 0 N–H and O–H groups in total. The fraction of sp³-hybridized carbons (Fsp3) is 0.381. The fourth-order valence-corrected chi connectivity index (χ4v) is 3.91. The molecule has 2 aliphatic rings. The molecule has 0 radical (unpaired) electrons. The molecular weight excluding hydrogens is 348 g/mol. The number of benzene rings is 2. The van der Waals surface area contributed by atoms with Gasteiger partial charge in [0.15, 0.2) is 0 Å². The Hall–Kier alpha value is -2.31. The quantitative estimate of drug-likeness (QED) is 0.826. The van der Waals surface area contributed by atoms with E-state index in [1.54, 1.807) is 24.3 Å². The van der Waals surface area contributed by atoms with Gasteiger partial charge in [0.1, 0.15) is 17.7 Å². The lowest BCUT2D eigenvalue weighted by Crippen LogP contribution is -2.64.